The minimum absolute atomic E-state index is 0.00387. The van der Waals surface area contributed by atoms with Gasteiger partial charge in [-0.2, -0.15) is 0 Å². The van der Waals surface area contributed by atoms with Crippen LogP contribution < -0.4 is 5.32 Å². The summed E-state index contributed by atoms with van der Waals surface area (Å²) >= 11 is 0. The third kappa shape index (κ3) is 6.02. The summed E-state index contributed by atoms with van der Waals surface area (Å²) in [7, 11) is 0. The molecule has 7 nitrogen and oxygen atoms in total. The Labute approximate surface area is 206 Å². The fourth-order valence-corrected chi connectivity index (χ4v) is 5.30. The summed E-state index contributed by atoms with van der Waals surface area (Å²) in [6.45, 7) is 3.45. The van der Waals surface area contributed by atoms with E-state index in [1.807, 2.05) is 36.1 Å². The van der Waals surface area contributed by atoms with Gasteiger partial charge in [-0.25, -0.2) is 4.79 Å². The quantitative estimate of drug-likeness (QED) is 0.540. The summed E-state index contributed by atoms with van der Waals surface area (Å²) in [6.07, 6.45) is 2.88. The van der Waals surface area contributed by atoms with Crippen LogP contribution in [-0.4, -0.2) is 53.7 Å². The lowest BCUT2D eigenvalue weighted by Gasteiger charge is -2.33. The van der Waals surface area contributed by atoms with Crippen molar-refractivity contribution in [3.63, 3.8) is 0 Å². The van der Waals surface area contributed by atoms with Gasteiger partial charge in [0.15, 0.2) is 0 Å². The van der Waals surface area contributed by atoms with Crippen molar-refractivity contribution in [2.24, 2.45) is 5.92 Å². The minimum atomic E-state index is -0.799. The number of carbonyl (C=O) groups excluding carboxylic acids is 2. The van der Waals surface area contributed by atoms with E-state index < -0.39 is 12.1 Å². The maximum atomic E-state index is 12.9. The van der Waals surface area contributed by atoms with Gasteiger partial charge in [-0.1, -0.05) is 55.5 Å². The van der Waals surface area contributed by atoms with Crippen molar-refractivity contribution in [1.29, 1.82) is 0 Å². The summed E-state index contributed by atoms with van der Waals surface area (Å²) in [5.41, 5.74) is 4.67. The Bertz CT molecular complexity index is 1020. The molecule has 0 bridgehead atoms. The van der Waals surface area contributed by atoms with Crippen LogP contribution in [0.25, 0.3) is 11.1 Å². The third-order valence-electron chi connectivity index (χ3n) is 7.22. The second kappa shape index (κ2) is 11.4. The van der Waals surface area contributed by atoms with Crippen molar-refractivity contribution in [3.05, 3.63) is 59.7 Å². The number of rotatable bonds is 9. The molecule has 1 saturated heterocycles. The van der Waals surface area contributed by atoms with Crippen molar-refractivity contribution < 1.29 is 24.2 Å². The molecule has 1 unspecified atom stereocenters. The number of likely N-dealkylation sites (tertiary alicyclic amines) is 1. The Morgan fingerprint density at radius 2 is 1.74 bits per heavy atom. The molecule has 0 radical (unpaired) electrons. The fraction of sp³-hybridized carbons (Fsp3) is 0.464. The van der Waals surface area contributed by atoms with Crippen LogP contribution in [0.4, 0.5) is 4.79 Å². The average Bonchev–Trinajstić information content (AvgIpc) is 3.19. The van der Waals surface area contributed by atoms with Gasteiger partial charge >= 0.3 is 12.1 Å². The van der Waals surface area contributed by atoms with Crippen LogP contribution in [0, 0.1) is 5.92 Å². The largest absolute Gasteiger partial charge is 0.481 e. The van der Waals surface area contributed by atoms with E-state index in [1.165, 1.54) is 11.1 Å². The van der Waals surface area contributed by atoms with Crippen LogP contribution in [0.15, 0.2) is 48.5 Å². The van der Waals surface area contributed by atoms with Gasteiger partial charge in [-0.05, 0) is 53.9 Å². The molecule has 186 valence electrons. The summed E-state index contributed by atoms with van der Waals surface area (Å²) in [5.74, 6) is -0.590. The molecule has 2 aromatic carbocycles. The normalized spacial score (nSPS) is 17.9. The highest BCUT2D eigenvalue weighted by Gasteiger charge is 2.30. The zero-order chi connectivity index (χ0) is 24.8. The highest BCUT2D eigenvalue weighted by atomic mass is 16.5. The van der Waals surface area contributed by atoms with Crippen molar-refractivity contribution in [2.75, 3.05) is 19.7 Å². The summed E-state index contributed by atoms with van der Waals surface area (Å²) in [6, 6.07) is 16.1. The van der Waals surface area contributed by atoms with Gasteiger partial charge < -0.3 is 20.1 Å². The van der Waals surface area contributed by atoms with Gasteiger partial charge in [0.25, 0.3) is 0 Å². The summed E-state index contributed by atoms with van der Waals surface area (Å²) < 4.78 is 5.64. The van der Waals surface area contributed by atoms with Crippen molar-refractivity contribution >= 4 is 18.0 Å². The highest BCUT2D eigenvalue weighted by Crippen LogP contribution is 2.44. The Morgan fingerprint density at radius 3 is 2.37 bits per heavy atom. The van der Waals surface area contributed by atoms with Gasteiger partial charge in [0.1, 0.15) is 6.61 Å². The second-order valence-electron chi connectivity index (χ2n) is 9.56. The topological polar surface area (TPSA) is 95.9 Å². The zero-order valence-electron chi connectivity index (χ0n) is 20.2. The van der Waals surface area contributed by atoms with Crippen molar-refractivity contribution in [3.8, 4) is 11.1 Å². The number of ether oxygens (including phenoxy) is 1. The molecule has 2 N–H and O–H groups in total. The SMILES string of the molecule is CC[C@@H](CC(=O)N1CCCC(CCC(=O)O)C1)NC(=O)OCC1c2ccccc2-c2ccccc21. The fourth-order valence-electron chi connectivity index (χ4n) is 5.30. The minimum Gasteiger partial charge on any atom is -0.481 e. The van der Waals surface area contributed by atoms with E-state index in [0.717, 1.165) is 24.0 Å². The Morgan fingerprint density at radius 1 is 1.09 bits per heavy atom. The van der Waals surface area contributed by atoms with E-state index in [4.69, 9.17) is 9.84 Å². The zero-order valence-corrected chi connectivity index (χ0v) is 20.2. The first kappa shape index (κ1) is 24.8. The van der Waals surface area contributed by atoms with Crippen molar-refractivity contribution in [1.82, 2.24) is 10.2 Å². The molecule has 0 aromatic heterocycles. The van der Waals surface area contributed by atoms with E-state index in [9.17, 15) is 14.4 Å². The molecule has 1 aliphatic heterocycles. The molecule has 35 heavy (non-hydrogen) atoms. The maximum absolute atomic E-state index is 12.9. The van der Waals surface area contributed by atoms with Gasteiger partial charge in [0.05, 0.1) is 0 Å². The summed E-state index contributed by atoms with van der Waals surface area (Å²) in [5, 5.41) is 11.8. The van der Waals surface area contributed by atoms with E-state index >= 15 is 0 Å². The van der Waals surface area contributed by atoms with Gasteiger partial charge in [-0.15, -0.1) is 0 Å². The predicted molar refractivity (Wildman–Crippen MR) is 133 cm³/mol. The lowest BCUT2D eigenvalue weighted by molar-refractivity contribution is -0.137. The van der Waals surface area contributed by atoms with E-state index in [-0.39, 0.29) is 43.2 Å². The summed E-state index contributed by atoms with van der Waals surface area (Å²) in [4.78, 5) is 38.2. The first-order valence-electron chi connectivity index (χ1n) is 12.6. The van der Waals surface area contributed by atoms with Crippen LogP contribution in [0.2, 0.25) is 0 Å². The Kier molecular flexibility index (Phi) is 8.06. The van der Waals surface area contributed by atoms with Crippen LogP contribution in [0.1, 0.15) is 62.5 Å². The van der Waals surface area contributed by atoms with Gasteiger partial charge in [0.2, 0.25) is 5.91 Å². The molecule has 1 fully saturated rings. The lowest BCUT2D eigenvalue weighted by atomic mass is 9.93. The molecule has 7 heteroatoms. The molecule has 2 amide bonds. The number of hydrogen-bond donors (Lipinski definition) is 2. The van der Waals surface area contributed by atoms with Crippen LogP contribution in [0.5, 0.6) is 0 Å². The number of fused-ring (bicyclic) bond motifs is 3. The molecule has 1 aliphatic carbocycles. The van der Waals surface area contributed by atoms with Crippen LogP contribution in [0.3, 0.4) is 0 Å². The van der Waals surface area contributed by atoms with E-state index in [2.05, 4.69) is 29.6 Å². The van der Waals surface area contributed by atoms with Crippen LogP contribution in [-0.2, 0) is 14.3 Å². The van der Waals surface area contributed by atoms with Crippen molar-refractivity contribution in [2.45, 2.75) is 57.4 Å². The molecule has 1 heterocycles. The van der Waals surface area contributed by atoms with Gasteiger partial charge in [0, 0.05) is 37.9 Å². The monoisotopic (exact) mass is 478 g/mol. The first-order valence-corrected chi connectivity index (χ1v) is 12.6. The number of carboxylic acids is 1. The third-order valence-corrected chi connectivity index (χ3v) is 7.22. The Hall–Kier alpha value is -3.35. The maximum Gasteiger partial charge on any atom is 0.407 e. The number of alkyl carbamates (subject to hydrolysis) is 1. The number of carbonyl (C=O) groups is 3. The number of nitrogens with zero attached hydrogens (tertiary/aromatic N) is 1. The number of piperidine rings is 1. The second-order valence-corrected chi connectivity index (χ2v) is 9.56. The van der Waals surface area contributed by atoms with E-state index in [0.29, 0.717) is 25.9 Å². The van der Waals surface area contributed by atoms with Crippen LogP contribution >= 0.6 is 0 Å². The first-order chi connectivity index (χ1) is 17.0. The number of hydrogen-bond acceptors (Lipinski definition) is 4. The number of carboxylic acid groups (broad SMARTS) is 1. The molecule has 2 aromatic rings. The highest BCUT2D eigenvalue weighted by molar-refractivity contribution is 5.79. The number of aliphatic carboxylic acids is 1. The lowest BCUT2D eigenvalue weighted by Crippen LogP contribution is -2.44. The smallest absolute Gasteiger partial charge is 0.407 e. The molecule has 0 spiro atoms. The number of benzene rings is 2. The standard InChI is InChI=1S/C28H34N2O5/c1-2-20(16-26(31)30-15-7-8-19(17-30)13-14-27(32)33)29-28(34)35-18-25-23-11-5-3-9-21(23)22-10-4-6-12-24(22)25/h3-6,9-12,19-20,25H,2,7-8,13-18H2,1H3,(H,29,34)(H,32,33)/t19?,20-/m0/s1. The van der Waals surface area contributed by atoms with E-state index in [1.54, 1.807) is 0 Å². The molecule has 2 atom stereocenters. The number of amides is 2. The molecule has 2 aliphatic rings. The average molecular weight is 479 g/mol. The molecular formula is C28H34N2O5. The molecule has 4 rings (SSSR count). The Balaban J connectivity index is 1.29. The van der Waals surface area contributed by atoms with Gasteiger partial charge in [-0.3, -0.25) is 9.59 Å². The molecular weight excluding hydrogens is 444 g/mol. The predicted octanol–water partition coefficient (Wildman–Crippen LogP) is 4.80. The molecule has 0 saturated carbocycles. The number of nitrogens with one attached hydrogen (secondary N) is 1.